The predicted molar refractivity (Wildman–Crippen MR) is 138 cm³/mol. The lowest BCUT2D eigenvalue weighted by Crippen LogP contribution is -2.74. The van der Waals surface area contributed by atoms with Crippen molar-refractivity contribution in [3.63, 3.8) is 0 Å². The summed E-state index contributed by atoms with van der Waals surface area (Å²) in [5, 5.41) is 24.5. The van der Waals surface area contributed by atoms with Crippen molar-refractivity contribution >= 4 is 75.4 Å². The van der Waals surface area contributed by atoms with Gasteiger partial charge < -0.3 is 32.0 Å². The number of pyridine rings is 1. The highest BCUT2D eigenvalue weighted by Crippen LogP contribution is 2.47. The predicted octanol–water partition coefficient (Wildman–Crippen LogP) is -0.0989. The Kier molecular flexibility index (Phi) is 8.23. The lowest BCUT2D eigenvalue weighted by Gasteiger charge is -2.53. The molecule has 2 aliphatic rings. The van der Waals surface area contributed by atoms with E-state index in [2.05, 4.69) is 24.8 Å². The van der Waals surface area contributed by atoms with E-state index in [9.17, 15) is 24.7 Å². The summed E-state index contributed by atoms with van der Waals surface area (Å²) in [5.74, 6) is -0.916. The van der Waals surface area contributed by atoms with Crippen molar-refractivity contribution in [1.82, 2.24) is 24.6 Å². The molecule has 1 unspecified atom stereocenters. The van der Waals surface area contributed by atoms with Crippen LogP contribution in [-0.4, -0.2) is 93.8 Å². The van der Waals surface area contributed by atoms with Gasteiger partial charge in [-0.1, -0.05) is 5.16 Å². The van der Waals surface area contributed by atoms with Crippen molar-refractivity contribution in [3.05, 3.63) is 29.8 Å². The molecule has 2 amide bonds. The van der Waals surface area contributed by atoms with Crippen LogP contribution in [0.2, 0.25) is 0 Å². The first-order valence-corrected chi connectivity index (χ1v) is 14.3. The molecule has 36 heavy (non-hydrogen) atoms. The Morgan fingerprint density at radius 1 is 1.42 bits per heavy atom. The molecular formula is C19H22N8O5S4. The largest absolute Gasteiger partial charge is 0.480 e. The Labute approximate surface area is 222 Å². The second-order valence-electron chi connectivity index (χ2n) is 7.71. The van der Waals surface area contributed by atoms with Gasteiger partial charge in [-0.2, -0.15) is 21.1 Å². The zero-order valence-corrected chi connectivity index (χ0v) is 21.8. The molecule has 0 aliphatic carbocycles. The third-order valence-corrected chi connectivity index (χ3v) is 10.0. The van der Waals surface area contributed by atoms with E-state index in [1.165, 1.54) is 28.4 Å². The van der Waals surface area contributed by atoms with Crippen LogP contribution in [0.25, 0.3) is 0 Å². The van der Waals surface area contributed by atoms with E-state index in [1.54, 1.807) is 24.0 Å². The standard InChI is InChI=1S/C19H22N8O5S4/c20-3-5-33-6-9-10(2-1-4-22-9)35-19(17(30)31)7-27-15(29)12(16(27)34-8-19)23-14(28)11(25-32)13-24-18(21)36-26-13/h1-2,4,12,16,32H,3,5-8,20H2,(H,23,28)(H,30,31)(H2,21,24,26)/t12-,16-,19?/m1/s1. The summed E-state index contributed by atoms with van der Waals surface area (Å²) in [6, 6.07) is 2.67. The van der Waals surface area contributed by atoms with E-state index in [0.29, 0.717) is 12.3 Å². The number of anilines is 1. The number of fused-ring (bicyclic) bond motifs is 1. The van der Waals surface area contributed by atoms with E-state index >= 15 is 0 Å². The number of hydrogen-bond donors (Lipinski definition) is 5. The number of oxime groups is 1. The lowest BCUT2D eigenvalue weighted by molar-refractivity contribution is -0.151. The summed E-state index contributed by atoms with van der Waals surface area (Å²) in [7, 11) is 0. The zero-order chi connectivity index (χ0) is 25.9. The van der Waals surface area contributed by atoms with Gasteiger partial charge in [-0.15, -0.1) is 23.5 Å². The van der Waals surface area contributed by atoms with Gasteiger partial charge in [-0.05, 0) is 12.1 Å². The number of aliphatic carboxylic acids is 1. The van der Waals surface area contributed by atoms with Crippen LogP contribution < -0.4 is 16.8 Å². The molecule has 17 heteroatoms. The second kappa shape index (κ2) is 11.2. The Bertz CT molecular complexity index is 1200. The van der Waals surface area contributed by atoms with Gasteiger partial charge in [0.25, 0.3) is 5.91 Å². The molecule has 3 atom stereocenters. The fourth-order valence-corrected chi connectivity index (χ4v) is 7.80. The lowest BCUT2D eigenvalue weighted by atomic mass is 10.0. The molecule has 0 aromatic carbocycles. The summed E-state index contributed by atoms with van der Waals surface area (Å²) in [5.41, 5.74) is 11.4. The molecule has 2 aromatic heterocycles. The SMILES string of the molecule is NCCSCc1ncccc1SC1(C(=O)O)CS[C@@H]2[C@H](NC(=O)C(=NO)c3nsc(N)n3)C(=O)N2C1. The quantitative estimate of drug-likeness (QED) is 0.0831. The Hall–Kier alpha value is -2.60. The minimum atomic E-state index is -1.29. The van der Waals surface area contributed by atoms with E-state index in [1.807, 2.05) is 6.07 Å². The van der Waals surface area contributed by atoms with Gasteiger partial charge in [0.2, 0.25) is 17.4 Å². The third-order valence-electron chi connectivity index (χ3n) is 5.35. The number of carbonyl (C=O) groups is 3. The number of nitrogens with zero attached hydrogens (tertiary/aromatic N) is 5. The number of carboxylic acid groups (broad SMARTS) is 1. The number of aromatic nitrogens is 3. The van der Waals surface area contributed by atoms with Gasteiger partial charge in [0.15, 0.2) is 5.13 Å². The molecule has 4 rings (SSSR count). The molecule has 4 heterocycles. The topological polar surface area (TPSA) is 210 Å². The van der Waals surface area contributed by atoms with Crippen molar-refractivity contribution in [2.75, 3.05) is 30.3 Å². The van der Waals surface area contributed by atoms with Gasteiger partial charge in [0, 0.05) is 53.0 Å². The number of nitrogens with one attached hydrogen (secondary N) is 1. The van der Waals surface area contributed by atoms with Crippen molar-refractivity contribution in [1.29, 1.82) is 0 Å². The van der Waals surface area contributed by atoms with Crippen LogP contribution >= 0.6 is 46.8 Å². The molecule has 0 saturated carbocycles. The minimum absolute atomic E-state index is 0.0364. The van der Waals surface area contributed by atoms with Crippen LogP contribution in [-0.2, 0) is 20.1 Å². The van der Waals surface area contributed by atoms with Crippen LogP contribution in [0.3, 0.4) is 0 Å². The summed E-state index contributed by atoms with van der Waals surface area (Å²) >= 11 is 4.88. The second-order valence-corrected chi connectivity index (χ2v) is 12.1. The number of rotatable bonds is 10. The van der Waals surface area contributed by atoms with Crippen LogP contribution in [0.1, 0.15) is 11.5 Å². The van der Waals surface area contributed by atoms with E-state index < -0.39 is 39.7 Å². The van der Waals surface area contributed by atoms with E-state index in [-0.39, 0.29) is 23.3 Å². The summed E-state index contributed by atoms with van der Waals surface area (Å²) in [6.07, 6.45) is 1.66. The summed E-state index contributed by atoms with van der Waals surface area (Å²) < 4.78 is 2.55. The van der Waals surface area contributed by atoms with Gasteiger partial charge in [-0.25, -0.2) is 0 Å². The number of amides is 2. The highest BCUT2D eigenvalue weighted by molar-refractivity contribution is 8.05. The Morgan fingerprint density at radius 2 is 2.22 bits per heavy atom. The highest BCUT2D eigenvalue weighted by Gasteiger charge is 2.58. The molecule has 2 aromatic rings. The first kappa shape index (κ1) is 26.5. The fraction of sp³-hybridized carbons (Fsp3) is 0.421. The van der Waals surface area contributed by atoms with Gasteiger partial charge >= 0.3 is 5.97 Å². The Balaban J connectivity index is 1.45. The third kappa shape index (κ3) is 5.24. The van der Waals surface area contributed by atoms with Crippen LogP contribution in [0.15, 0.2) is 28.4 Å². The monoisotopic (exact) mass is 570 g/mol. The van der Waals surface area contributed by atoms with Crippen molar-refractivity contribution in [2.24, 2.45) is 10.9 Å². The molecule has 0 spiro atoms. The average molecular weight is 571 g/mol. The number of β-lactam (4-membered cyclic amide) rings is 1. The maximum Gasteiger partial charge on any atom is 0.322 e. The molecule has 0 bridgehead atoms. The maximum atomic E-state index is 12.9. The first-order chi connectivity index (χ1) is 17.3. The van der Waals surface area contributed by atoms with Crippen LogP contribution in [0, 0.1) is 0 Å². The van der Waals surface area contributed by atoms with Crippen molar-refractivity contribution < 1.29 is 24.7 Å². The molecule has 2 fully saturated rings. The Morgan fingerprint density at radius 3 is 2.89 bits per heavy atom. The molecule has 0 radical (unpaired) electrons. The molecule has 13 nitrogen and oxygen atoms in total. The zero-order valence-electron chi connectivity index (χ0n) is 18.6. The van der Waals surface area contributed by atoms with Crippen LogP contribution in [0.5, 0.6) is 0 Å². The first-order valence-electron chi connectivity index (χ1n) is 10.5. The van der Waals surface area contributed by atoms with Gasteiger partial charge in [0.1, 0.15) is 16.2 Å². The van der Waals surface area contributed by atoms with Crippen molar-refractivity contribution in [2.45, 2.75) is 26.8 Å². The smallest absolute Gasteiger partial charge is 0.322 e. The molecule has 2 aliphatic heterocycles. The van der Waals surface area contributed by atoms with Crippen LogP contribution in [0.4, 0.5) is 5.13 Å². The molecule has 192 valence electrons. The molecule has 2 saturated heterocycles. The fourth-order valence-electron chi connectivity index (χ4n) is 3.61. The van der Waals surface area contributed by atoms with Gasteiger partial charge in [-0.3, -0.25) is 19.4 Å². The maximum absolute atomic E-state index is 12.9. The minimum Gasteiger partial charge on any atom is -0.480 e. The average Bonchev–Trinajstić information content (AvgIpc) is 3.29. The molecule has 7 N–H and O–H groups in total. The number of hydrogen-bond acceptors (Lipinski definition) is 14. The number of nitrogen functional groups attached to an aromatic ring is 1. The van der Waals surface area contributed by atoms with E-state index in [4.69, 9.17) is 11.5 Å². The number of carboxylic acids is 1. The molecular weight excluding hydrogens is 549 g/mol. The number of carbonyl (C=O) groups excluding carboxylic acids is 2. The normalized spacial score (nSPS) is 23.6. The number of nitrogens with two attached hydrogens (primary N) is 2. The van der Waals surface area contributed by atoms with Crippen molar-refractivity contribution in [3.8, 4) is 0 Å². The van der Waals surface area contributed by atoms with E-state index in [0.717, 1.165) is 27.9 Å². The summed E-state index contributed by atoms with van der Waals surface area (Å²) in [6.45, 7) is 0.497. The highest BCUT2D eigenvalue weighted by atomic mass is 32.2. The summed E-state index contributed by atoms with van der Waals surface area (Å²) in [4.78, 5) is 48.3. The number of thioether (sulfide) groups is 3. The van der Waals surface area contributed by atoms with Gasteiger partial charge in [0.05, 0.1) is 5.69 Å².